The molecule has 0 aliphatic rings. The molecule has 5 nitrogen and oxygen atoms in total. The molecule has 0 saturated heterocycles. The highest BCUT2D eigenvalue weighted by atomic mass is 32.2. The van der Waals surface area contributed by atoms with Crippen molar-refractivity contribution >= 4 is 21.4 Å². The quantitative estimate of drug-likeness (QED) is 0.869. The molecule has 1 heterocycles. The summed E-state index contributed by atoms with van der Waals surface area (Å²) in [5, 5.41) is 11.0. The van der Waals surface area contributed by atoms with Crippen molar-refractivity contribution < 1.29 is 13.5 Å². The maximum absolute atomic E-state index is 11.9. The van der Waals surface area contributed by atoms with Crippen LogP contribution in [0.5, 0.6) is 5.75 Å². The number of nitrogens with zero attached hydrogens (tertiary/aromatic N) is 1. The number of benzene rings is 1. The van der Waals surface area contributed by atoms with Crippen LogP contribution >= 0.6 is 11.3 Å². The summed E-state index contributed by atoms with van der Waals surface area (Å²) in [6.07, 6.45) is 0.556. The predicted molar refractivity (Wildman–Crippen MR) is 69.1 cm³/mol. The van der Waals surface area contributed by atoms with Crippen molar-refractivity contribution in [1.29, 1.82) is 0 Å². The highest BCUT2D eigenvalue weighted by Crippen LogP contribution is 2.14. The molecule has 0 aliphatic heterocycles. The van der Waals surface area contributed by atoms with Crippen LogP contribution in [0, 0.1) is 0 Å². The molecule has 0 unspecified atom stereocenters. The van der Waals surface area contributed by atoms with Gasteiger partial charge in [-0.2, -0.15) is 0 Å². The van der Waals surface area contributed by atoms with E-state index in [2.05, 4.69) is 9.71 Å². The fourth-order valence-electron chi connectivity index (χ4n) is 1.38. The van der Waals surface area contributed by atoms with Gasteiger partial charge in [0, 0.05) is 18.3 Å². The zero-order valence-electron chi connectivity index (χ0n) is 9.41. The zero-order valence-corrected chi connectivity index (χ0v) is 11.0. The first kappa shape index (κ1) is 13.0. The van der Waals surface area contributed by atoms with Crippen LogP contribution < -0.4 is 4.72 Å². The van der Waals surface area contributed by atoms with Gasteiger partial charge in [-0.15, -0.1) is 11.3 Å². The molecule has 0 fully saturated rings. The van der Waals surface area contributed by atoms with E-state index in [9.17, 15) is 8.42 Å². The summed E-state index contributed by atoms with van der Waals surface area (Å²) in [7, 11) is -3.52. The van der Waals surface area contributed by atoms with E-state index < -0.39 is 10.0 Å². The fraction of sp³-hybridized carbons (Fsp3) is 0.182. The SMILES string of the molecule is O=S(=O)(NCCc1cscn1)c1ccc(O)cc1. The van der Waals surface area contributed by atoms with Gasteiger partial charge in [-0.1, -0.05) is 0 Å². The number of sulfonamides is 1. The van der Waals surface area contributed by atoms with Gasteiger partial charge in [0.2, 0.25) is 10.0 Å². The van der Waals surface area contributed by atoms with Crippen molar-refractivity contribution in [2.24, 2.45) is 0 Å². The van der Waals surface area contributed by atoms with Crippen molar-refractivity contribution in [1.82, 2.24) is 9.71 Å². The Morgan fingerprint density at radius 2 is 2.00 bits per heavy atom. The van der Waals surface area contributed by atoms with Gasteiger partial charge in [-0.05, 0) is 24.3 Å². The molecule has 2 aromatic rings. The summed E-state index contributed by atoms with van der Waals surface area (Å²) in [6, 6.07) is 5.41. The molecule has 0 saturated carbocycles. The number of aromatic nitrogens is 1. The predicted octanol–water partition coefficient (Wildman–Crippen LogP) is 1.37. The van der Waals surface area contributed by atoms with Crippen molar-refractivity contribution in [3.05, 3.63) is 40.8 Å². The fourth-order valence-corrected chi connectivity index (χ4v) is 3.01. The number of nitrogens with one attached hydrogen (secondary N) is 1. The molecule has 18 heavy (non-hydrogen) atoms. The van der Waals surface area contributed by atoms with Crippen LogP contribution in [0.1, 0.15) is 5.69 Å². The standard InChI is InChI=1S/C11H12N2O3S2/c14-10-1-3-11(4-2-10)18(15,16)13-6-5-9-7-17-8-12-9/h1-4,7-8,13-14H,5-6H2. The lowest BCUT2D eigenvalue weighted by molar-refractivity contribution is 0.474. The molecule has 2 rings (SSSR count). The second-order valence-corrected chi connectivity index (χ2v) is 6.11. The number of hydrogen-bond acceptors (Lipinski definition) is 5. The lowest BCUT2D eigenvalue weighted by atomic mass is 10.3. The Labute approximate surface area is 109 Å². The van der Waals surface area contributed by atoms with Gasteiger partial charge in [-0.25, -0.2) is 18.1 Å². The zero-order chi connectivity index (χ0) is 13.0. The Morgan fingerprint density at radius 3 is 2.61 bits per heavy atom. The third-order valence-electron chi connectivity index (χ3n) is 2.30. The van der Waals surface area contributed by atoms with Crippen LogP contribution in [0.2, 0.25) is 0 Å². The molecule has 7 heteroatoms. The van der Waals surface area contributed by atoms with Crippen LogP contribution in [0.15, 0.2) is 40.1 Å². The monoisotopic (exact) mass is 284 g/mol. The first-order valence-corrected chi connectivity index (χ1v) is 7.66. The van der Waals surface area contributed by atoms with Gasteiger partial charge in [0.15, 0.2) is 0 Å². The summed E-state index contributed by atoms with van der Waals surface area (Å²) >= 11 is 1.48. The average Bonchev–Trinajstić information content (AvgIpc) is 2.82. The van der Waals surface area contributed by atoms with Crippen LogP contribution in [-0.2, 0) is 16.4 Å². The van der Waals surface area contributed by atoms with Crippen LogP contribution in [-0.4, -0.2) is 25.1 Å². The highest BCUT2D eigenvalue weighted by molar-refractivity contribution is 7.89. The molecule has 0 spiro atoms. The van der Waals surface area contributed by atoms with E-state index in [-0.39, 0.29) is 10.6 Å². The van der Waals surface area contributed by atoms with Crippen molar-refractivity contribution in [3.8, 4) is 5.75 Å². The summed E-state index contributed by atoms with van der Waals surface area (Å²) in [4.78, 5) is 4.21. The van der Waals surface area contributed by atoms with E-state index >= 15 is 0 Å². The van der Waals surface area contributed by atoms with Crippen molar-refractivity contribution in [2.45, 2.75) is 11.3 Å². The second-order valence-electron chi connectivity index (χ2n) is 3.62. The van der Waals surface area contributed by atoms with Crippen LogP contribution in [0.4, 0.5) is 0 Å². The Morgan fingerprint density at radius 1 is 1.28 bits per heavy atom. The van der Waals surface area contributed by atoms with Gasteiger partial charge in [0.05, 0.1) is 16.1 Å². The Kier molecular flexibility index (Phi) is 3.95. The number of aromatic hydroxyl groups is 1. The normalized spacial score (nSPS) is 11.6. The van der Waals surface area contributed by atoms with E-state index in [0.29, 0.717) is 13.0 Å². The van der Waals surface area contributed by atoms with E-state index in [1.807, 2.05) is 5.38 Å². The molecule has 2 N–H and O–H groups in total. The Bertz CT molecular complexity index is 592. The van der Waals surface area contributed by atoms with Crippen LogP contribution in [0.3, 0.4) is 0 Å². The van der Waals surface area contributed by atoms with E-state index in [1.54, 1.807) is 5.51 Å². The Balaban J connectivity index is 1.97. The minimum atomic E-state index is -3.52. The van der Waals surface area contributed by atoms with Gasteiger partial charge >= 0.3 is 0 Å². The molecule has 0 bridgehead atoms. The maximum atomic E-state index is 11.9. The van der Waals surface area contributed by atoms with E-state index in [4.69, 9.17) is 5.11 Å². The summed E-state index contributed by atoms with van der Waals surface area (Å²) in [6.45, 7) is 0.299. The van der Waals surface area contributed by atoms with Crippen molar-refractivity contribution in [2.75, 3.05) is 6.54 Å². The largest absolute Gasteiger partial charge is 0.508 e. The number of hydrogen-bond donors (Lipinski definition) is 2. The topological polar surface area (TPSA) is 79.3 Å². The molecule has 0 radical (unpaired) electrons. The lowest BCUT2D eigenvalue weighted by Gasteiger charge is -2.05. The van der Waals surface area contributed by atoms with Gasteiger partial charge in [-0.3, -0.25) is 0 Å². The van der Waals surface area contributed by atoms with Gasteiger partial charge in [0.25, 0.3) is 0 Å². The van der Waals surface area contributed by atoms with E-state index in [1.165, 1.54) is 35.6 Å². The first-order chi connectivity index (χ1) is 8.58. The first-order valence-electron chi connectivity index (χ1n) is 5.24. The smallest absolute Gasteiger partial charge is 0.240 e. The number of phenols is 1. The molecule has 96 valence electrons. The minimum Gasteiger partial charge on any atom is -0.508 e. The third kappa shape index (κ3) is 3.28. The molecule has 0 amide bonds. The highest BCUT2D eigenvalue weighted by Gasteiger charge is 2.13. The summed E-state index contributed by atoms with van der Waals surface area (Å²) in [5.74, 6) is 0.0384. The second kappa shape index (κ2) is 5.47. The van der Waals surface area contributed by atoms with Gasteiger partial charge in [0.1, 0.15) is 5.75 Å². The van der Waals surface area contributed by atoms with Gasteiger partial charge < -0.3 is 5.11 Å². The number of thiazole rings is 1. The molecule has 0 atom stereocenters. The third-order valence-corrected chi connectivity index (χ3v) is 4.42. The Hall–Kier alpha value is -1.44. The molecule has 1 aromatic heterocycles. The number of rotatable bonds is 5. The van der Waals surface area contributed by atoms with Crippen LogP contribution in [0.25, 0.3) is 0 Å². The molecule has 1 aromatic carbocycles. The van der Waals surface area contributed by atoms with Crippen molar-refractivity contribution in [3.63, 3.8) is 0 Å². The minimum absolute atomic E-state index is 0.0384. The molecular weight excluding hydrogens is 272 g/mol. The maximum Gasteiger partial charge on any atom is 0.240 e. The lowest BCUT2D eigenvalue weighted by Crippen LogP contribution is -2.26. The summed E-state index contributed by atoms with van der Waals surface area (Å²) < 4.78 is 26.2. The molecule has 0 aliphatic carbocycles. The average molecular weight is 284 g/mol. The molecular formula is C11H12N2O3S2. The van der Waals surface area contributed by atoms with E-state index in [0.717, 1.165) is 5.69 Å². The summed E-state index contributed by atoms with van der Waals surface area (Å²) in [5.41, 5.74) is 2.58. The number of phenolic OH excluding ortho intramolecular Hbond substituents is 1.